The molecular weight excluding hydrogens is 328 g/mol. The standard InChI is InChI=1S/C17H20N2O4S/c20-16(10-14-7-9-24(22,23)12-14)18-11-13-3-5-15(6-4-13)19-8-1-2-17(19)21/h3-7,9,14H,1-2,8,10-12H2,(H,18,20). The van der Waals surface area contributed by atoms with E-state index in [9.17, 15) is 18.0 Å². The van der Waals surface area contributed by atoms with E-state index in [1.54, 1.807) is 11.0 Å². The minimum atomic E-state index is -3.12. The van der Waals surface area contributed by atoms with Crippen molar-refractivity contribution < 1.29 is 18.0 Å². The van der Waals surface area contributed by atoms with Crippen molar-refractivity contribution in [1.29, 1.82) is 0 Å². The van der Waals surface area contributed by atoms with Crippen LogP contribution in [0.1, 0.15) is 24.8 Å². The SMILES string of the molecule is O=C(CC1C=CS(=O)(=O)C1)NCc1ccc(N2CCCC2=O)cc1. The molecule has 0 spiro atoms. The second-order valence-corrected chi connectivity index (χ2v) is 8.15. The average molecular weight is 348 g/mol. The highest BCUT2D eigenvalue weighted by Crippen LogP contribution is 2.22. The predicted molar refractivity (Wildman–Crippen MR) is 90.9 cm³/mol. The zero-order chi connectivity index (χ0) is 17.2. The third-order valence-electron chi connectivity index (χ3n) is 4.26. The number of sulfone groups is 1. The number of allylic oxidation sites excluding steroid dienone is 1. The van der Waals surface area contributed by atoms with Crippen LogP contribution in [0, 0.1) is 5.92 Å². The summed E-state index contributed by atoms with van der Waals surface area (Å²) in [5.74, 6) is -0.242. The molecule has 7 heteroatoms. The van der Waals surface area contributed by atoms with E-state index >= 15 is 0 Å². The Morgan fingerprint density at radius 3 is 2.58 bits per heavy atom. The highest BCUT2D eigenvalue weighted by atomic mass is 32.2. The minimum absolute atomic E-state index is 0.0129. The molecule has 1 N–H and O–H groups in total. The lowest BCUT2D eigenvalue weighted by Crippen LogP contribution is -2.26. The number of carbonyl (C=O) groups is 2. The normalized spacial score (nSPS) is 22.1. The highest BCUT2D eigenvalue weighted by Gasteiger charge is 2.24. The zero-order valence-corrected chi connectivity index (χ0v) is 14.1. The van der Waals surface area contributed by atoms with E-state index in [2.05, 4.69) is 5.32 Å². The monoisotopic (exact) mass is 348 g/mol. The summed E-state index contributed by atoms with van der Waals surface area (Å²) in [6.45, 7) is 1.14. The summed E-state index contributed by atoms with van der Waals surface area (Å²) in [7, 11) is -3.12. The van der Waals surface area contributed by atoms with E-state index in [0.717, 1.165) is 24.2 Å². The van der Waals surface area contributed by atoms with Crippen molar-refractivity contribution >= 4 is 27.3 Å². The summed E-state index contributed by atoms with van der Waals surface area (Å²) in [5.41, 5.74) is 1.82. The molecule has 24 heavy (non-hydrogen) atoms. The molecule has 0 aromatic heterocycles. The van der Waals surface area contributed by atoms with E-state index in [4.69, 9.17) is 0 Å². The van der Waals surface area contributed by atoms with Crippen molar-refractivity contribution in [3.05, 3.63) is 41.3 Å². The van der Waals surface area contributed by atoms with Crippen LogP contribution in [0.4, 0.5) is 5.69 Å². The smallest absolute Gasteiger partial charge is 0.227 e. The van der Waals surface area contributed by atoms with Crippen LogP contribution in [0.15, 0.2) is 35.7 Å². The van der Waals surface area contributed by atoms with Gasteiger partial charge in [0.05, 0.1) is 5.75 Å². The lowest BCUT2D eigenvalue weighted by Gasteiger charge is -2.16. The Morgan fingerprint density at radius 2 is 2.00 bits per heavy atom. The quantitative estimate of drug-likeness (QED) is 0.871. The number of amides is 2. The molecule has 6 nitrogen and oxygen atoms in total. The third kappa shape index (κ3) is 4.03. The van der Waals surface area contributed by atoms with E-state index in [1.165, 1.54) is 5.41 Å². The van der Waals surface area contributed by atoms with E-state index in [-0.39, 0.29) is 29.9 Å². The molecular formula is C17H20N2O4S. The molecule has 3 rings (SSSR count). The number of benzene rings is 1. The number of carbonyl (C=O) groups excluding carboxylic acids is 2. The third-order valence-corrected chi connectivity index (χ3v) is 5.73. The molecule has 1 aromatic rings. The molecule has 1 fully saturated rings. The zero-order valence-electron chi connectivity index (χ0n) is 13.3. The van der Waals surface area contributed by atoms with Crippen LogP contribution in [0.2, 0.25) is 0 Å². The molecule has 2 aliphatic rings. The van der Waals surface area contributed by atoms with Gasteiger partial charge in [0.25, 0.3) is 0 Å². The molecule has 2 aliphatic heterocycles. The second-order valence-electron chi connectivity index (χ2n) is 6.21. The molecule has 0 radical (unpaired) electrons. The fraction of sp³-hybridized carbons (Fsp3) is 0.412. The van der Waals surface area contributed by atoms with Crippen LogP contribution < -0.4 is 10.2 Å². The fourth-order valence-electron chi connectivity index (χ4n) is 2.99. The number of rotatable bonds is 5. The molecule has 0 saturated carbocycles. The van der Waals surface area contributed by atoms with Crippen molar-refractivity contribution in [1.82, 2.24) is 5.32 Å². The van der Waals surface area contributed by atoms with E-state index < -0.39 is 9.84 Å². The van der Waals surface area contributed by atoms with Crippen LogP contribution in [0.3, 0.4) is 0 Å². The van der Waals surface area contributed by atoms with Gasteiger partial charge in [-0.25, -0.2) is 8.42 Å². The molecule has 1 saturated heterocycles. The topological polar surface area (TPSA) is 83.6 Å². The predicted octanol–water partition coefficient (Wildman–Crippen LogP) is 1.38. The summed E-state index contributed by atoms with van der Waals surface area (Å²) >= 11 is 0. The first-order valence-corrected chi connectivity index (χ1v) is 9.71. The Kier molecular flexibility index (Phi) is 4.71. The van der Waals surface area contributed by atoms with Gasteiger partial charge in [-0.2, -0.15) is 0 Å². The Hall–Kier alpha value is -2.15. The summed E-state index contributed by atoms with van der Waals surface area (Å²) in [4.78, 5) is 25.4. The number of nitrogens with one attached hydrogen (secondary N) is 1. The molecule has 128 valence electrons. The first-order chi connectivity index (χ1) is 11.4. The van der Waals surface area contributed by atoms with Gasteiger partial charge < -0.3 is 10.2 Å². The molecule has 2 amide bonds. The van der Waals surface area contributed by atoms with Crippen LogP contribution in [-0.4, -0.2) is 32.5 Å². The average Bonchev–Trinajstić information content (AvgIpc) is 3.11. The van der Waals surface area contributed by atoms with Crippen LogP contribution in [-0.2, 0) is 26.0 Å². The van der Waals surface area contributed by atoms with Gasteiger partial charge in [-0.1, -0.05) is 18.2 Å². The van der Waals surface area contributed by atoms with Gasteiger partial charge in [0, 0.05) is 42.9 Å². The summed E-state index contributed by atoms with van der Waals surface area (Å²) in [5, 5.41) is 3.99. The number of nitrogens with zero attached hydrogens (tertiary/aromatic N) is 1. The van der Waals surface area contributed by atoms with Crippen molar-refractivity contribution in [2.75, 3.05) is 17.2 Å². The number of hydrogen-bond acceptors (Lipinski definition) is 4. The van der Waals surface area contributed by atoms with Gasteiger partial charge in [0.2, 0.25) is 11.8 Å². The van der Waals surface area contributed by atoms with Gasteiger partial charge >= 0.3 is 0 Å². The fourth-order valence-corrected chi connectivity index (χ4v) is 4.39. The van der Waals surface area contributed by atoms with Crippen molar-refractivity contribution in [3.8, 4) is 0 Å². The Morgan fingerprint density at radius 1 is 1.25 bits per heavy atom. The molecule has 2 heterocycles. The summed E-state index contributed by atoms with van der Waals surface area (Å²) in [6.07, 6.45) is 3.25. The Balaban J connectivity index is 1.49. The van der Waals surface area contributed by atoms with Crippen LogP contribution >= 0.6 is 0 Å². The van der Waals surface area contributed by atoms with Crippen molar-refractivity contribution in [2.24, 2.45) is 5.92 Å². The highest BCUT2D eigenvalue weighted by molar-refractivity contribution is 7.94. The first kappa shape index (κ1) is 16.7. The van der Waals surface area contributed by atoms with Gasteiger partial charge in [0.15, 0.2) is 9.84 Å². The molecule has 1 aromatic carbocycles. The minimum Gasteiger partial charge on any atom is -0.352 e. The first-order valence-electron chi connectivity index (χ1n) is 8.00. The number of anilines is 1. The molecule has 1 unspecified atom stereocenters. The lowest BCUT2D eigenvalue weighted by molar-refractivity contribution is -0.121. The second kappa shape index (κ2) is 6.76. The van der Waals surface area contributed by atoms with Gasteiger partial charge in [-0.3, -0.25) is 9.59 Å². The van der Waals surface area contributed by atoms with Crippen LogP contribution in [0.5, 0.6) is 0 Å². The van der Waals surface area contributed by atoms with Crippen molar-refractivity contribution in [2.45, 2.75) is 25.8 Å². The maximum atomic E-state index is 11.9. The number of hydrogen-bond donors (Lipinski definition) is 1. The van der Waals surface area contributed by atoms with Crippen molar-refractivity contribution in [3.63, 3.8) is 0 Å². The van der Waals surface area contributed by atoms with E-state index in [0.29, 0.717) is 13.0 Å². The maximum Gasteiger partial charge on any atom is 0.227 e. The molecule has 0 bridgehead atoms. The van der Waals surface area contributed by atoms with Gasteiger partial charge in [0.1, 0.15) is 0 Å². The lowest BCUT2D eigenvalue weighted by atomic mass is 10.1. The van der Waals surface area contributed by atoms with Gasteiger partial charge in [-0.05, 0) is 24.1 Å². The summed E-state index contributed by atoms with van der Waals surface area (Å²) in [6, 6.07) is 7.55. The maximum absolute atomic E-state index is 11.9. The molecule has 0 aliphatic carbocycles. The van der Waals surface area contributed by atoms with Gasteiger partial charge in [-0.15, -0.1) is 0 Å². The van der Waals surface area contributed by atoms with Crippen LogP contribution in [0.25, 0.3) is 0 Å². The Bertz CT molecular complexity index is 768. The molecule has 1 atom stereocenters. The summed E-state index contributed by atoms with van der Waals surface area (Å²) < 4.78 is 22.6. The Labute approximate surface area is 141 Å². The largest absolute Gasteiger partial charge is 0.352 e. The van der Waals surface area contributed by atoms with E-state index in [1.807, 2.05) is 24.3 Å².